The van der Waals surface area contributed by atoms with Crippen LogP contribution in [0, 0.1) is 11.6 Å². The third-order valence-electron chi connectivity index (χ3n) is 7.86. The summed E-state index contributed by atoms with van der Waals surface area (Å²) in [6.45, 7) is 0. The van der Waals surface area contributed by atoms with E-state index in [2.05, 4.69) is 5.32 Å². The predicted molar refractivity (Wildman–Crippen MR) is 173 cm³/mol. The van der Waals surface area contributed by atoms with Gasteiger partial charge < -0.3 is 14.6 Å². The Bertz CT molecular complexity index is 2260. The van der Waals surface area contributed by atoms with Crippen LogP contribution in [0.5, 0.6) is 0 Å². The fourth-order valence-corrected chi connectivity index (χ4v) is 6.29. The summed E-state index contributed by atoms with van der Waals surface area (Å²) < 4.78 is 36.9. The number of anilines is 1. The van der Waals surface area contributed by atoms with E-state index in [0.29, 0.717) is 50.2 Å². The lowest BCUT2D eigenvalue weighted by atomic mass is 10.00. The summed E-state index contributed by atoms with van der Waals surface area (Å²) in [5.41, 5.74) is 5.99. The van der Waals surface area contributed by atoms with Gasteiger partial charge in [-0.05, 0) is 60.9 Å². The van der Waals surface area contributed by atoms with Crippen molar-refractivity contribution < 1.29 is 18.0 Å². The van der Waals surface area contributed by atoms with Gasteiger partial charge in [0.2, 0.25) is 0 Å². The Morgan fingerprint density at radius 3 is 2.52 bits per heavy atom. The Morgan fingerprint density at radius 2 is 1.80 bits per heavy atom. The Balaban J connectivity index is 1.51. The summed E-state index contributed by atoms with van der Waals surface area (Å²) in [4.78, 5) is 24.9. The number of amides is 1. The molecule has 0 fully saturated rings. The van der Waals surface area contributed by atoms with Crippen molar-refractivity contribution >= 4 is 61.6 Å². The van der Waals surface area contributed by atoms with Gasteiger partial charge in [-0.15, -0.1) is 0 Å². The standard InChI is InChI=1S/C34H27F2N5O2S/c1-37-34(42)32-23-12-21(28(40(2)3)15-30(23)43-33(32)18-8-10-19(35)11-9-18)25-13-22-26(16-38-25)39-31(17-44-4)41-27-7-5-6-24(36)20(27)14-29(22)41/h5-16H,17H2,1-4H3,(H,37,42). The van der Waals surface area contributed by atoms with Crippen LogP contribution >= 0.6 is 11.8 Å². The predicted octanol–water partition coefficient (Wildman–Crippen LogP) is 7.68. The van der Waals surface area contributed by atoms with Crippen LogP contribution in [0.3, 0.4) is 0 Å². The average Bonchev–Trinajstić information content (AvgIpc) is 3.60. The van der Waals surface area contributed by atoms with Crippen molar-refractivity contribution in [1.29, 1.82) is 0 Å². The molecule has 44 heavy (non-hydrogen) atoms. The van der Waals surface area contributed by atoms with Crippen LogP contribution in [-0.2, 0) is 5.75 Å². The quantitative estimate of drug-likeness (QED) is 0.209. The van der Waals surface area contributed by atoms with Crippen molar-refractivity contribution in [3.05, 3.63) is 95.9 Å². The van der Waals surface area contributed by atoms with Crippen LogP contribution in [0.15, 0.2) is 77.3 Å². The van der Waals surface area contributed by atoms with Crippen molar-refractivity contribution in [2.45, 2.75) is 5.75 Å². The molecule has 0 spiro atoms. The van der Waals surface area contributed by atoms with Gasteiger partial charge in [0, 0.05) is 60.2 Å². The molecule has 7 nitrogen and oxygen atoms in total. The number of benzene rings is 3. The summed E-state index contributed by atoms with van der Waals surface area (Å²) in [5, 5.41) is 4.66. The first-order chi connectivity index (χ1) is 21.3. The molecule has 3 aromatic carbocycles. The Morgan fingerprint density at radius 1 is 1.00 bits per heavy atom. The maximum Gasteiger partial charge on any atom is 0.255 e. The second kappa shape index (κ2) is 10.6. The second-order valence-electron chi connectivity index (χ2n) is 10.7. The molecule has 0 aliphatic carbocycles. The first-order valence-corrected chi connectivity index (χ1v) is 15.3. The molecule has 1 amide bonds. The molecule has 4 aromatic heterocycles. The molecule has 0 aliphatic heterocycles. The minimum atomic E-state index is -0.381. The highest BCUT2D eigenvalue weighted by Crippen LogP contribution is 2.41. The lowest BCUT2D eigenvalue weighted by molar-refractivity contribution is 0.0964. The molecule has 4 heterocycles. The summed E-state index contributed by atoms with van der Waals surface area (Å²) in [7, 11) is 5.40. The number of hydrogen-bond acceptors (Lipinski definition) is 6. The summed E-state index contributed by atoms with van der Waals surface area (Å²) in [6, 6.07) is 18.5. The van der Waals surface area contributed by atoms with Gasteiger partial charge in [0.1, 0.15) is 28.8 Å². The van der Waals surface area contributed by atoms with Crippen LogP contribution in [0.1, 0.15) is 16.2 Å². The van der Waals surface area contributed by atoms with E-state index in [9.17, 15) is 13.6 Å². The minimum absolute atomic E-state index is 0.289. The zero-order valence-electron chi connectivity index (χ0n) is 24.4. The molecule has 7 rings (SSSR count). The maximum absolute atomic E-state index is 14.9. The van der Waals surface area contributed by atoms with Crippen LogP contribution in [-0.4, -0.2) is 47.7 Å². The molecule has 0 atom stereocenters. The third kappa shape index (κ3) is 4.36. The fraction of sp³-hybridized carbons (Fsp3) is 0.147. The molecule has 0 bridgehead atoms. The Hall–Kier alpha value is -4.96. The van der Waals surface area contributed by atoms with Gasteiger partial charge in [-0.1, -0.05) is 6.07 Å². The van der Waals surface area contributed by atoms with Gasteiger partial charge in [-0.25, -0.2) is 13.8 Å². The highest BCUT2D eigenvalue weighted by Gasteiger charge is 2.25. The van der Waals surface area contributed by atoms with Crippen molar-refractivity contribution in [3.63, 3.8) is 0 Å². The minimum Gasteiger partial charge on any atom is -0.455 e. The number of aromatic nitrogens is 3. The van der Waals surface area contributed by atoms with Gasteiger partial charge >= 0.3 is 0 Å². The van der Waals surface area contributed by atoms with Gasteiger partial charge in [0.15, 0.2) is 0 Å². The number of carbonyl (C=O) groups is 1. The highest BCUT2D eigenvalue weighted by atomic mass is 32.2. The van der Waals surface area contributed by atoms with E-state index in [1.165, 1.54) is 18.2 Å². The van der Waals surface area contributed by atoms with Gasteiger partial charge in [-0.3, -0.25) is 14.2 Å². The first-order valence-electron chi connectivity index (χ1n) is 13.9. The van der Waals surface area contributed by atoms with Gasteiger partial charge in [-0.2, -0.15) is 11.8 Å². The van der Waals surface area contributed by atoms with Crippen molar-refractivity contribution in [3.8, 4) is 22.6 Å². The number of carbonyl (C=O) groups excluding carboxylic acids is 1. The number of rotatable bonds is 6. The summed E-state index contributed by atoms with van der Waals surface area (Å²) in [5.74, 6) is 0.813. The normalized spacial score (nSPS) is 11.7. The molecule has 0 unspecified atom stereocenters. The summed E-state index contributed by atoms with van der Waals surface area (Å²) in [6.07, 6.45) is 3.75. The molecule has 1 N–H and O–H groups in total. The van der Waals surface area contributed by atoms with E-state index >= 15 is 0 Å². The van der Waals surface area contributed by atoms with E-state index in [4.69, 9.17) is 14.4 Å². The van der Waals surface area contributed by atoms with E-state index < -0.39 is 0 Å². The monoisotopic (exact) mass is 607 g/mol. The largest absolute Gasteiger partial charge is 0.455 e. The van der Waals surface area contributed by atoms with Gasteiger partial charge in [0.05, 0.1) is 39.8 Å². The molecule has 0 aliphatic rings. The van der Waals surface area contributed by atoms with E-state index in [0.717, 1.165) is 33.5 Å². The molecular weight excluding hydrogens is 580 g/mol. The Labute approximate surface area is 255 Å². The lowest BCUT2D eigenvalue weighted by Crippen LogP contribution is -2.18. The molecular formula is C34H27F2N5O2S. The molecule has 0 saturated heterocycles. The zero-order chi connectivity index (χ0) is 30.7. The van der Waals surface area contributed by atoms with Crippen LogP contribution in [0.25, 0.3) is 60.9 Å². The van der Waals surface area contributed by atoms with Crippen LogP contribution in [0.4, 0.5) is 14.5 Å². The molecule has 0 radical (unpaired) electrons. The molecule has 10 heteroatoms. The number of halogens is 2. The Kier molecular flexibility index (Phi) is 6.73. The number of nitrogens with zero attached hydrogens (tertiary/aromatic N) is 4. The molecule has 220 valence electrons. The topological polar surface area (TPSA) is 75.7 Å². The highest BCUT2D eigenvalue weighted by molar-refractivity contribution is 7.97. The second-order valence-corrected chi connectivity index (χ2v) is 11.6. The maximum atomic E-state index is 14.9. The lowest BCUT2D eigenvalue weighted by Gasteiger charge is -2.18. The van der Waals surface area contributed by atoms with Crippen molar-refractivity contribution in [1.82, 2.24) is 19.7 Å². The smallest absolute Gasteiger partial charge is 0.255 e. The number of fused-ring (bicyclic) bond motifs is 6. The zero-order valence-corrected chi connectivity index (χ0v) is 25.2. The average molecular weight is 608 g/mol. The number of nitrogens with one attached hydrogen (secondary N) is 1. The summed E-state index contributed by atoms with van der Waals surface area (Å²) >= 11 is 1.64. The van der Waals surface area contributed by atoms with Crippen molar-refractivity contribution in [2.75, 3.05) is 32.3 Å². The van der Waals surface area contributed by atoms with E-state index in [-0.39, 0.29) is 17.5 Å². The number of thioether (sulfide) groups is 1. The molecule has 7 aromatic rings. The van der Waals surface area contributed by atoms with Crippen LogP contribution < -0.4 is 10.2 Å². The fourth-order valence-electron chi connectivity index (χ4n) is 5.84. The first kappa shape index (κ1) is 27.8. The molecule has 0 saturated carbocycles. The van der Waals surface area contributed by atoms with E-state index in [1.807, 2.05) is 60.0 Å². The number of pyridine rings is 1. The van der Waals surface area contributed by atoms with E-state index in [1.54, 1.807) is 43.2 Å². The SMILES string of the molecule is CNC(=O)c1c(-c2ccc(F)cc2)oc2cc(N(C)C)c(-c3cc4c(cn3)nc(CSC)n3c5cccc(F)c5cc43)cc12. The number of hydrogen-bond donors (Lipinski definition) is 1. The number of furan rings is 1. The van der Waals surface area contributed by atoms with Crippen LogP contribution in [0.2, 0.25) is 0 Å². The van der Waals surface area contributed by atoms with Crippen molar-refractivity contribution in [2.24, 2.45) is 0 Å². The van der Waals surface area contributed by atoms with Gasteiger partial charge in [0.25, 0.3) is 5.91 Å². The third-order valence-corrected chi connectivity index (χ3v) is 8.40.